The summed E-state index contributed by atoms with van der Waals surface area (Å²) in [7, 11) is 2.96. The summed E-state index contributed by atoms with van der Waals surface area (Å²) in [6.45, 7) is 0.897. The van der Waals surface area contributed by atoms with E-state index in [4.69, 9.17) is 4.74 Å². The smallest absolute Gasteiger partial charge is 0.293 e. The minimum atomic E-state index is -0.539. The summed E-state index contributed by atoms with van der Waals surface area (Å²) in [5.74, 6) is 0.319. The second kappa shape index (κ2) is 12.3. The van der Waals surface area contributed by atoms with Gasteiger partial charge in [0.2, 0.25) is 5.91 Å². The van der Waals surface area contributed by atoms with Crippen molar-refractivity contribution in [2.24, 2.45) is 0 Å². The SMILES string of the molecule is CNC(=O)c1ccc(NCCCCNC(=O)CCc2nc3c(OC)cccc3c(=O)[nH]2)c([N+](=O)[O-])c1. The molecule has 4 N–H and O–H groups in total. The van der Waals surface area contributed by atoms with E-state index in [1.54, 1.807) is 18.2 Å². The van der Waals surface area contributed by atoms with E-state index in [1.807, 2.05) is 0 Å². The van der Waals surface area contributed by atoms with Crippen molar-refractivity contribution in [3.63, 3.8) is 0 Å². The number of nitro groups is 1. The van der Waals surface area contributed by atoms with Crippen molar-refractivity contribution in [1.29, 1.82) is 0 Å². The highest BCUT2D eigenvalue weighted by Crippen LogP contribution is 2.25. The Bertz CT molecular complexity index is 1320. The zero-order valence-electron chi connectivity index (χ0n) is 20.1. The van der Waals surface area contributed by atoms with Gasteiger partial charge < -0.3 is 25.7 Å². The van der Waals surface area contributed by atoms with Gasteiger partial charge in [0.15, 0.2) is 0 Å². The number of para-hydroxylation sites is 1. The zero-order valence-corrected chi connectivity index (χ0v) is 20.1. The van der Waals surface area contributed by atoms with Crippen LogP contribution in [0.5, 0.6) is 5.75 Å². The summed E-state index contributed by atoms with van der Waals surface area (Å²) in [6, 6.07) is 9.35. The molecule has 0 aliphatic rings. The van der Waals surface area contributed by atoms with Crippen LogP contribution >= 0.6 is 0 Å². The number of benzene rings is 2. The van der Waals surface area contributed by atoms with Crippen molar-refractivity contribution in [3.8, 4) is 5.75 Å². The van der Waals surface area contributed by atoms with Crippen LogP contribution in [-0.4, -0.2) is 54.0 Å². The molecular formula is C24H28N6O6. The average Bonchev–Trinajstić information content (AvgIpc) is 2.88. The first-order valence-electron chi connectivity index (χ1n) is 11.4. The Labute approximate surface area is 206 Å². The fraction of sp³-hybridized carbons (Fsp3) is 0.333. The molecule has 12 heteroatoms. The predicted octanol–water partition coefficient (Wildman–Crippen LogP) is 2.14. The maximum absolute atomic E-state index is 12.3. The quantitative estimate of drug-likeness (QED) is 0.168. The molecule has 0 bridgehead atoms. The molecule has 0 atom stereocenters. The molecular weight excluding hydrogens is 468 g/mol. The number of aromatic amines is 1. The number of nitro benzene ring substituents is 1. The van der Waals surface area contributed by atoms with Crippen molar-refractivity contribution in [3.05, 3.63) is 68.3 Å². The van der Waals surface area contributed by atoms with Gasteiger partial charge in [-0.1, -0.05) is 6.07 Å². The second-order valence-electron chi connectivity index (χ2n) is 7.92. The number of hydrogen-bond donors (Lipinski definition) is 4. The van der Waals surface area contributed by atoms with Gasteiger partial charge in [-0.2, -0.15) is 0 Å². The van der Waals surface area contributed by atoms with Crippen molar-refractivity contribution in [2.45, 2.75) is 25.7 Å². The van der Waals surface area contributed by atoms with E-state index < -0.39 is 10.8 Å². The van der Waals surface area contributed by atoms with Gasteiger partial charge in [-0.15, -0.1) is 0 Å². The molecule has 2 amide bonds. The van der Waals surface area contributed by atoms with Gasteiger partial charge in [0.1, 0.15) is 22.8 Å². The number of carbonyl (C=O) groups is 2. The molecule has 0 radical (unpaired) electrons. The van der Waals surface area contributed by atoms with Crippen LogP contribution in [-0.2, 0) is 11.2 Å². The normalized spacial score (nSPS) is 10.6. The van der Waals surface area contributed by atoms with Crippen LogP contribution < -0.4 is 26.2 Å². The molecule has 190 valence electrons. The highest BCUT2D eigenvalue weighted by molar-refractivity contribution is 5.95. The van der Waals surface area contributed by atoms with Crippen molar-refractivity contribution < 1.29 is 19.2 Å². The van der Waals surface area contributed by atoms with Crippen LogP contribution in [0.4, 0.5) is 11.4 Å². The summed E-state index contributed by atoms with van der Waals surface area (Å²) in [5, 5.41) is 20.0. The molecule has 0 saturated heterocycles. The molecule has 0 unspecified atom stereocenters. The number of anilines is 1. The molecule has 12 nitrogen and oxygen atoms in total. The first-order valence-corrected chi connectivity index (χ1v) is 11.4. The number of hydrogen-bond acceptors (Lipinski definition) is 8. The zero-order chi connectivity index (χ0) is 26.1. The summed E-state index contributed by atoms with van der Waals surface area (Å²) in [4.78, 5) is 54.1. The number of H-pyrrole nitrogens is 1. The van der Waals surface area contributed by atoms with Gasteiger partial charge in [0, 0.05) is 44.6 Å². The van der Waals surface area contributed by atoms with Crippen molar-refractivity contribution in [2.75, 3.05) is 32.6 Å². The maximum atomic E-state index is 12.3. The third-order valence-electron chi connectivity index (χ3n) is 5.48. The Morgan fingerprint density at radius 2 is 1.94 bits per heavy atom. The fourth-order valence-electron chi connectivity index (χ4n) is 3.60. The Hall–Kier alpha value is -4.48. The predicted molar refractivity (Wildman–Crippen MR) is 134 cm³/mol. The van der Waals surface area contributed by atoms with E-state index in [0.717, 1.165) is 0 Å². The monoisotopic (exact) mass is 496 g/mol. The maximum Gasteiger partial charge on any atom is 0.293 e. The number of aryl methyl sites for hydroxylation is 1. The van der Waals surface area contributed by atoms with Crippen LogP contribution in [0.3, 0.4) is 0 Å². The number of unbranched alkanes of at least 4 members (excludes halogenated alkanes) is 1. The van der Waals surface area contributed by atoms with E-state index >= 15 is 0 Å². The Kier molecular flexibility index (Phi) is 8.92. The first-order chi connectivity index (χ1) is 17.3. The summed E-state index contributed by atoms with van der Waals surface area (Å²) in [6.07, 6.45) is 1.75. The standard InChI is InChI=1S/C24H28N6O6/c1-25-23(32)15-8-9-17(18(14-15)30(34)35)26-12-3-4-13-27-21(31)11-10-20-28-22-16(24(33)29-20)6-5-7-19(22)36-2/h5-9,14,26H,3-4,10-13H2,1-2H3,(H,25,32)(H,27,31)(H,28,29,33). The van der Waals surface area contributed by atoms with Crippen LogP contribution in [0.15, 0.2) is 41.2 Å². The van der Waals surface area contributed by atoms with Crippen molar-refractivity contribution >= 4 is 34.1 Å². The summed E-state index contributed by atoms with van der Waals surface area (Å²) < 4.78 is 5.27. The highest BCUT2D eigenvalue weighted by atomic mass is 16.6. The lowest BCUT2D eigenvalue weighted by Gasteiger charge is -2.09. The van der Waals surface area contributed by atoms with Gasteiger partial charge >= 0.3 is 0 Å². The number of fused-ring (bicyclic) bond motifs is 1. The largest absolute Gasteiger partial charge is 0.494 e. The molecule has 0 fully saturated rings. The fourth-order valence-corrected chi connectivity index (χ4v) is 3.60. The second-order valence-corrected chi connectivity index (χ2v) is 7.92. The lowest BCUT2D eigenvalue weighted by molar-refractivity contribution is -0.384. The Balaban J connectivity index is 1.42. The van der Waals surface area contributed by atoms with Crippen LogP contribution in [0.1, 0.15) is 35.4 Å². The minimum absolute atomic E-state index is 0.158. The average molecular weight is 497 g/mol. The van der Waals surface area contributed by atoms with E-state index in [2.05, 4.69) is 25.9 Å². The van der Waals surface area contributed by atoms with Gasteiger partial charge in [-0.05, 0) is 37.1 Å². The third kappa shape index (κ3) is 6.56. The lowest BCUT2D eigenvalue weighted by Crippen LogP contribution is -2.25. The minimum Gasteiger partial charge on any atom is -0.494 e. The topological polar surface area (TPSA) is 168 Å². The van der Waals surface area contributed by atoms with E-state index in [9.17, 15) is 24.5 Å². The van der Waals surface area contributed by atoms with Crippen LogP contribution in [0, 0.1) is 10.1 Å². The molecule has 3 aromatic rings. The number of aromatic nitrogens is 2. The molecule has 0 spiro atoms. The number of amides is 2. The number of nitrogens with one attached hydrogen (secondary N) is 4. The van der Waals surface area contributed by atoms with Gasteiger partial charge in [-0.3, -0.25) is 24.5 Å². The Morgan fingerprint density at radius 3 is 2.67 bits per heavy atom. The number of rotatable bonds is 12. The molecule has 2 aromatic carbocycles. The summed E-state index contributed by atoms with van der Waals surface area (Å²) >= 11 is 0. The van der Waals surface area contributed by atoms with Gasteiger partial charge in [0.05, 0.1) is 17.4 Å². The number of nitrogens with zero attached hydrogens (tertiary/aromatic N) is 2. The molecule has 0 saturated carbocycles. The number of carbonyl (C=O) groups excluding carboxylic acids is 2. The third-order valence-corrected chi connectivity index (χ3v) is 5.48. The van der Waals surface area contributed by atoms with Gasteiger partial charge in [-0.25, -0.2) is 4.98 Å². The van der Waals surface area contributed by atoms with E-state index in [-0.39, 0.29) is 35.6 Å². The van der Waals surface area contributed by atoms with Crippen LogP contribution in [0.25, 0.3) is 10.9 Å². The summed E-state index contributed by atoms with van der Waals surface area (Å²) in [5.41, 5.74) is 0.521. The lowest BCUT2D eigenvalue weighted by atomic mass is 10.1. The van der Waals surface area contributed by atoms with Gasteiger partial charge in [0.25, 0.3) is 17.2 Å². The number of ether oxygens (including phenoxy) is 1. The molecule has 0 aliphatic heterocycles. The Morgan fingerprint density at radius 1 is 1.17 bits per heavy atom. The van der Waals surface area contributed by atoms with Crippen LogP contribution in [0.2, 0.25) is 0 Å². The molecule has 3 rings (SSSR count). The number of methoxy groups -OCH3 is 1. The van der Waals surface area contributed by atoms with E-state index in [1.165, 1.54) is 32.4 Å². The molecule has 1 heterocycles. The first kappa shape index (κ1) is 26.1. The highest BCUT2D eigenvalue weighted by Gasteiger charge is 2.17. The molecule has 1 aromatic heterocycles. The van der Waals surface area contributed by atoms with Crippen molar-refractivity contribution in [1.82, 2.24) is 20.6 Å². The van der Waals surface area contributed by atoms with E-state index in [0.29, 0.717) is 54.1 Å². The molecule has 36 heavy (non-hydrogen) atoms. The molecule has 0 aliphatic carbocycles.